The van der Waals surface area contributed by atoms with Gasteiger partial charge in [0, 0.05) is 10.4 Å². The number of carboxylic acids is 1. The van der Waals surface area contributed by atoms with Crippen LogP contribution >= 0.6 is 11.3 Å². The summed E-state index contributed by atoms with van der Waals surface area (Å²) in [6.07, 6.45) is 3.37. The van der Waals surface area contributed by atoms with Gasteiger partial charge < -0.3 is 15.2 Å². The maximum absolute atomic E-state index is 13.4. The highest BCUT2D eigenvalue weighted by Crippen LogP contribution is 2.50. The molecule has 0 saturated heterocycles. The lowest BCUT2D eigenvalue weighted by Crippen LogP contribution is -2.49. The Kier molecular flexibility index (Phi) is 5.83. The SMILES string of the molecule is COC(=O)c1c(NC(=O)[C@H]2C3CCC(CC3)[C@H]2C(=O)O)sc(C)c1-c1ccc(F)cc1. The molecule has 1 aromatic heterocycles. The Balaban J connectivity index is 1.70. The van der Waals surface area contributed by atoms with E-state index in [4.69, 9.17) is 4.74 Å². The van der Waals surface area contributed by atoms with Crippen molar-refractivity contribution in [2.45, 2.75) is 32.6 Å². The predicted molar refractivity (Wildman–Crippen MR) is 114 cm³/mol. The van der Waals surface area contributed by atoms with Crippen LogP contribution in [-0.2, 0) is 14.3 Å². The zero-order valence-corrected chi connectivity index (χ0v) is 18.1. The Labute approximate surface area is 183 Å². The van der Waals surface area contributed by atoms with E-state index in [0.29, 0.717) is 16.1 Å². The van der Waals surface area contributed by atoms with E-state index in [9.17, 15) is 23.9 Å². The number of hydrogen-bond donors (Lipinski definition) is 2. The summed E-state index contributed by atoms with van der Waals surface area (Å²) in [5, 5.41) is 12.9. The van der Waals surface area contributed by atoms with Crippen LogP contribution in [0.5, 0.6) is 0 Å². The molecule has 0 aliphatic heterocycles. The van der Waals surface area contributed by atoms with Gasteiger partial charge >= 0.3 is 11.9 Å². The first kappa shape index (κ1) is 21.5. The maximum atomic E-state index is 13.4. The average Bonchev–Trinajstić information content (AvgIpc) is 3.09. The van der Waals surface area contributed by atoms with Gasteiger partial charge in [-0.3, -0.25) is 9.59 Å². The number of carboxylic acid groups (broad SMARTS) is 1. The Morgan fingerprint density at radius 2 is 1.65 bits per heavy atom. The molecule has 1 aromatic carbocycles. The first-order chi connectivity index (χ1) is 14.8. The number of halogens is 1. The number of esters is 1. The van der Waals surface area contributed by atoms with Crippen molar-refractivity contribution in [3.63, 3.8) is 0 Å². The maximum Gasteiger partial charge on any atom is 0.341 e. The van der Waals surface area contributed by atoms with Crippen LogP contribution < -0.4 is 5.32 Å². The van der Waals surface area contributed by atoms with Gasteiger partial charge in [-0.15, -0.1) is 11.3 Å². The molecule has 3 fully saturated rings. The Morgan fingerprint density at radius 1 is 1.06 bits per heavy atom. The van der Waals surface area contributed by atoms with E-state index in [0.717, 1.165) is 30.6 Å². The number of carbonyl (C=O) groups is 3. The monoisotopic (exact) mass is 445 g/mol. The Morgan fingerprint density at radius 3 is 2.19 bits per heavy atom. The normalized spacial score (nSPS) is 24.6. The lowest BCUT2D eigenvalue weighted by Gasteiger charge is -2.45. The minimum atomic E-state index is -0.933. The van der Waals surface area contributed by atoms with Crippen LogP contribution in [0.1, 0.15) is 40.9 Å². The first-order valence-electron chi connectivity index (χ1n) is 10.3. The van der Waals surface area contributed by atoms with E-state index < -0.39 is 29.6 Å². The number of ether oxygens (including phenoxy) is 1. The number of fused-ring (bicyclic) bond motifs is 3. The molecule has 0 unspecified atom stereocenters. The van der Waals surface area contributed by atoms with Crippen molar-refractivity contribution < 1.29 is 28.6 Å². The zero-order chi connectivity index (χ0) is 22.3. The molecule has 0 radical (unpaired) electrons. The van der Waals surface area contributed by atoms with Crippen LogP contribution in [0, 0.1) is 36.4 Å². The number of anilines is 1. The van der Waals surface area contributed by atoms with Gasteiger partial charge in [0.2, 0.25) is 5.91 Å². The molecule has 31 heavy (non-hydrogen) atoms. The standard InChI is InChI=1S/C23H24FNO5S/c1-11-16(12-7-9-15(24)10-8-12)19(23(29)30-2)21(31-11)25-20(26)17-13-3-5-14(6-4-13)18(17)22(27)28/h7-10,13-14,17-18H,3-6H2,1-2H3,(H,25,26)(H,27,28)/t13?,14?,17-,18+/m0/s1. The van der Waals surface area contributed by atoms with Crippen LogP contribution in [-0.4, -0.2) is 30.1 Å². The lowest BCUT2D eigenvalue weighted by molar-refractivity contribution is -0.156. The van der Waals surface area contributed by atoms with Crippen molar-refractivity contribution in [3.05, 3.63) is 40.5 Å². The fourth-order valence-corrected chi connectivity index (χ4v) is 6.34. The highest BCUT2D eigenvalue weighted by atomic mass is 32.1. The molecule has 8 heteroatoms. The molecule has 1 amide bonds. The fraction of sp³-hybridized carbons (Fsp3) is 0.435. The van der Waals surface area contributed by atoms with Crippen molar-refractivity contribution >= 4 is 34.2 Å². The van der Waals surface area contributed by atoms with Crippen molar-refractivity contribution in [2.24, 2.45) is 23.7 Å². The fourth-order valence-electron chi connectivity index (χ4n) is 5.27. The number of benzene rings is 1. The van der Waals surface area contributed by atoms with Crippen LogP contribution in [0.4, 0.5) is 9.39 Å². The second-order valence-corrected chi connectivity index (χ2v) is 9.51. The van der Waals surface area contributed by atoms with Gasteiger partial charge in [-0.1, -0.05) is 12.1 Å². The summed E-state index contributed by atoms with van der Waals surface area (Å²) in [6.45, 7) is 1.81. The van der Waals surface area contributed by atoms with Gasteiger partial charge in [0.15, 0.2) is 0 Å². The van der Waals surface area contributed by atoms with Crippen molar-refractivity contribution in [2.75, 3.05) is 12.4 Å². The number of carbonyl (C=O) groups excluding carboxylic acids is 2. The van der Waals surface area contributed by atoms with E-state index in [2.05, 4.69) is 5.32 Å². The van der Waals surface area contributed by atoms with Gasteiger partial charge in [-0.25, -0.2) is 9.18 Å². The van der Waals surface area contributed by atoms with Gasteiger partial charge in [0.05, 0.1) is 18.9 Å². The van der Waals surface area contributed by atoms with Crippen LogP contribution in [0.3, 0.4) is 0 Å². The van der Waals surface area contributed by atoms with Gasteiger partial charge in [-0.2, -0.15) is 0 Å². The first-order valence-corrected chi connectivity index (χ1v) is 11.1. The molecule has 3 saturated carbocycles. The second kappa shape index (κ2) is 8.42. The molecule has 3 aliphatic rings. The number of methoxy groups -OCH3 is 1. The third-order valence-corrected chi connectivity index (χ3v) is 7.67. The summed E-state index contributed by atoms with van der Waals surface area (Å²) in [5.74, 6) is -3.57. The molecule has 6 nitrogen and oxygen atoms in total. The Hall–Kier alpha value is -2.74. The highest BCUT2D eigenvalue weighted by molar-refractivity contribution is 7.17. The molecule has 2 aromatic rings. The van der Waals surface area contributed by atoms with E-state index in [-0.39, 0.29) is 23.3 Å². The molecule has 5 rings (SSSR count). The molecule has 164 valence electrons. The summed E-state index contributed by atoms with van der Waals surface area (Å²) in [7, 11) is 1.26. The molecule has 2 N–H and O–H groups in total. The van der Waals surface area contributed by atoms with Gasteiger partial charge in [0.1, 0.15) is 16.4 Å². The van der Waals surface area contributed by atoms with Crippen LogP contribution in [0.15, 0.2) is 24.3 Å². The third-order valence-electron chi connectivity index (χ3n) is 6.65. The second-order valence-electron chi connectivity index (χ2n) is 8.29. The smallest absolute Gasteiger partial charge is 0.341 e. The molecule has 2 atom stereocenters. The largest absolute Gasteiger partial charge is 0.481 e. The van der Waals surface area contributed by atoms with E-state index >= 15 is 0 Å². The van der Waals surface area contributed by atoms with Gasteiger partial charge in [0.25, 0.3) is 0 Å². The summed E-state index contributed by atoms with van der Waals surface area (Å²) >= 11 is 1.23. The number of rotatable bonds is 5. The van der Waals surface area contributed by atoms with Crippen LogP contribution in [0.2, 0.25) is 0 Å². The summed E-state index contributed by atoms with van der Waals surface area (Å²) in [4.78, 5) is 38.6. The minimum absolute atomic E-state index is 0.0122. The summed E-state index contributed by atoms with van der Waals surface area (Å²) in [5.41, 5.74) is 1.42. The molecule has 1 heterocycles. The molecule has 0 spiro atoms. The molecule has 3 aliphatic carbocycles. The number of aryl methyl sites for hydroxylation is 1. The van der Waals surface area contributed by atoms with Crippen molar-refractivity contribution in [1.29, 1.82) is 0 Å². The Bertz CT molecular complexity index is 1020. The number of nitrogens with one attached hydrogen (secondary N) is 1. The molecule has 2 bridgehead atoms. The van der Waals surface area contributed by atoms with E-state index in [1.807, 2.05) is 6.92 Å². The average molecular weight is 446 g/mol. The summed E-state index contributed by atoms with van der Waals surface area (Å²) in [6, 6.07) is 5.76. The zero-order valence-electron chi connectivity index (χ0n) is 17.3. The number of hydrogen-bond acceptors (Lipinski definition) is 5. The molecular weight excluding hydrogens is 421 g/mol. The minimum Gasteiger partial charge on any atom is -0.481 e. The highest BCUT2D eigenvalue weighted by Gasteiger charge is 2.50. The van der Waals surface area contributed by atoms with Crippen LogP contribution in [0.25, 0.3) is 11.1 Å². The van der Waals surface area contributed by atoms with E-state index in [1.54, 1.807) is 12.1 Å². The topological polar surface area (TPSA) is 92.7 Å². The number of thiophene rings is 1. The number of aliphatic carboxylic acids is 1. The van der Waals surface area contributed by atoms with Crippen molar-refractivity contribution in [3.8, 4) is 11.1 Å². The summed E-state index contributed by atoms with van der Waals surface area (Å²) < 4.78 is 18.4. The molecular formula is C23H24FNO5S. The third kappa shape index (κ3) is 3.84. The van der Waals surface area contributed by atoms with Crippen molar-refractivity contribution in [1.82, 2.24) is 0 Å². The number of amides is 1. The van der Waals surface area contributed by atoms with Gasteiger partial charge in [-0.05, 0) is 62.1 Å². The quantitative estimate of drug-likeness (QED) is 0.650. The predicted octanol–water partition coefficient (Wildman–Crippen LogP) is 4.72. The lowest BCUT2D eigenvalue weighted by atomic mass is 9.58. The van der Waals surface area contributed by atoms with E-state index in [1.165, 1.54) is 30.6 Å².